The lowest BCUT2D eigenvalue weighted by Crippen LogP contribution is -2.14. The maximum Gasteiger partial charge on any atom is 0.331 e. The van der Waals surface area contributed by atoms with Crippen LogP contribution in [0.25, 0.3) is 0 Å². The summed E-state index contributed by atoms with van der Waals surface area (Å²) >= 11 is 0. The van der Waals surface area contributed by atoms with E-state index in [1.807, 2.05) is 6.92 Å². The van der Waals surface area contributed by atoms with E-state index in [0.717, 1.165) is 37.8 Å². The largest absolute Gasteiger partial charge is 0.463 e. The molecule has 0 amide bonds. The van der Waals surface area contributed by atoms with Gasteiger partial charge in [-0.25, -0.2) is 9.59 Å². The first-order valence-electron chi connectivity index (χ1n) is 6.39. The Morgan fingerprint density at radius 2 is 1.94 bits per heavy atom. The molecule has 1 aliphatic carbocycles. The first-order chi connectivity index (χ1) is 8.72. The summed E-state index contributed by atoms with van der Waals surface area (Å²) in [5.74, 6) is -0.591. The molecule has 18 heavy (non-hydrogen) atoms. The van der Waals surface area contributed by atoms with Crippen LogP contribution in [0.4, 0.5) is 0 Å². The van der Waals surface area contributed by atoms with E-state index in [4.69, 9.17) is 9.47 Å². The summed E-state index contributed by atoms with van der Waals surface area (Å²) < 4.78 is 9.86. The fourth-order valence-corrected chi connectivity index (χ4v) is 1.64. The molecular formula is C14H20O4. The Hall–Kier alpha value is -1.58. The van der Waals surface area contributed by atoms with Crippen LogP contribution in [0.5, 0.6) is 0 Å². The molecule has 1 rings (SSSR count). The van der Waals surface area contributed by atoms with Gasteiger partial charge in [-0.05, 0) is 31.6 Å². The number of carbonyl (C=O) groups is 2. The highest BCUT2D eigenvalue weighted by molar-refractivity contribution is 5.91. The highest BCUT2D eigenvalue weighted by Crippen LogP contribution is 2.18. The Bertz CT molecular complexity index is 331. The van der Waals surface area contributed by atoms with Crippen molar-refractivity contribution in [3.63, 3.8) is 0 Å². The maximum absolute atomic E-state index is 11.3. The Morgan fingerprint density at radius 1 is 1.22 bits per heavy atom. The average molecular weight is 252 g/mol. The summed E-state index contributed by atoms with van der Waals surface area (Å²) in [5, 5.41) is 0. The van der Waals surface area contributed by atoms with Gasteiger partial charge < -0.3 is 9.47 Å². The number of rotatable bonds is 6. The van der Waals surface area contributed by atoms with Crippen LogP contribution in [-0.2, 0) is 19.1 Å². The van der Waals surface area contributed by atoms with E-state index in [1.165, 1.54) is 0 Å². The minimum atomic E-state index is -0.505. The lowest BCUT2D eigenvalue weighted by Gasteiger charge is -2.16. The van der Waals surface area contributed by atoms with E-state index in [-0.39, 0.29) is 0 Å². The zero-order valence-corrected chi connectivity index (χ0v) is 10.8. The summed E-state index contributed by atoms with van der Waals surface area (Å²) in [5.41, 5.74) is 0. The van der Waals surface area contributed by atoms with Crippen molar-refractivity contribution in [1.82, 2.24) is 0 Å². The smallest absolute Gasteiger partial charge is 0.331 e. The Kier molecular flexibility index (Phi) is 6.84. The molecule has 4 nitrogen and oxygen atoms in total. The van der Waals surface area contributed by atoms with Crippen LogP contribution in [-0.4, -0.2) is 25.2 Å². The van der Waals surface area contributed by atoms with Crippen molar-refractivity contribution in [2.45, 2.75) is 32.6 Å². The Balaban J connectivity index is 2.18. The van der Waals surface area contributed by atoms with Crippen LogP contribution in [0.2, 0.25) is 0 Å². The van der Waals surface area contributed by atoms with Gasteiger partial charge in [0.2, 0.25) is 0 Å². The van der Waals surface area contributed by atoms with Crippen LogP contribution in [0.15, 0.2) is 24.3 Å². The molecule has 1 atom stereocenters. The van der Waals surface area contributed by atoms with Crippen molar-refractivity contribution >= 4 is 11.9 Å². The van der Waals surface area contributed by atoms with Gasteiger partial charge in [-0.15, -0.1) is 0 Å². The molecule has 4 heteroatoms. The molecule has 0 N–H and O–H groups in total. The maximum atomic E-state index is 11.3. The van der Waals surface area contributed by atoms with Crippen molar-refractivity contribution in [2.75, 3.05) is 13.2 Å². The van der Waals surface area contributed by atoms with Crippen molar-refractivity contribution < 1.29 is 19.1 Å². The van der Waals surface area contributed by atoms with Gasteiger partial charge in [0, 0.05) is 12.2 Å². The van der Waals surface area contributed by atoms with Crippen LogP contribution < -0.4 is 0 Å². The predicted molar refractivity (Wildman–Crippen MR) is 67.8 cm³/mol. The monoisotopic (exact) mass is 252 g/mol. The van der Waals surface area contributed by atoms with Crippen molar-refractivity contribution in [3.05, 3.63) is 24.3 Å². The SMILES string of the molecule is CCCOC(=O)/C=C/C(=O)OCC1CC=CCC1. The second-order valence-corrected chi connectivity index (χ2v) is 4.28. The van der Waals surface area contributed by atoms with Crippen molar-refractivity contribution in [2.24, 2.45) is 5.92 Å². The third-order valence-electron chi connectivity index (χ3n) is 2.64. The molecule has 0 radical (unpaired) electrons. The van der Waals surface area contributed by atoms with Gasteiger partial charge in [0.15, 0.2) is 0 Å². The standard InChI is InChI=1S/C14H20O4/c1-2-10-17-13(15)8-9-14(16)18-11-12-6-4-3-5-7-12/h3-4,8-9,12H,2,5-7,10-11H2,1H3/b9-8+. The van der Waals surface area contributed by atoms with E-state index in [2.05, 4.69) is 12.2 Å². The van der Waals surface area contributed by atoms with Gasteiger partial charge in [0.25, 0.3) is 0 Å². The summed E-state index contributed by atoms with van der Waals surface area (Å²) in [6, 6.07) is 0. The van der Waals surface area contributed by atoms with Gasteiger partial charge in [-0.1, -0.05) is 19.1 Å². The number of hydrogen-bond donors (Lipinski definition) is 0. The lowest BCUT2D eigenvalue weighted by molar-refractivity contribution is -0.141. The molecule has 0 bridgehead atoms. The minimum Gasteiger partial charge on any atom is -0.463 e. The zero-order valence-electron chi connectivity index (χ0n) is 10.8. The molecular weight excluding hydrogens is 232 g/mol. The molecule has 0 aromatic heterocycles. The Morgan fingerprint density at radius 3 is 2.56 bits per heavy atom. The number of esters is 2. The van der Waals surface area contributed by atoms with E-state index in [1.54, 1.807) is 0 Å². The van der Waals surface area contributed by atoms with Crippen molar-refractivity contribution in [1.29, 1.82) is 0 Å². The van der Waals surface area contributed by atoms with Gasteiger partial charge in [0.05, 0.1) is 13.2 Å². The molecule has 0 aromatic carbocycles. The van der Waals surface area contributed by atoms with E-state index in [0.29, 0.717) is 19.1 Å². The van der Waals surface area contributed by atoms with Crippen LogP contribution in [0.3, 0.4) is 0 Å². The van der Waals surface area contributed by atoms with E-state index < -0.39 is 11.9 Å². The van der Waals surface area contributed by atoms with E-state index in [9.17, 15) is 9.59 Å². The zero-order chi connectivity index (χ0) is 13.2. The number of ether oxygens (including phenoxy) is 2. The topological polar surface area (TPSA) is 52.6 Å². The second-order valence-electron chi connectivity index (χ2n) is 4.28. The fourth-order valence-electron chi connectivity index (χ4n) is 1.64. The molecule has 0 aromatic rings. The predicted octanol–water partition coefficient (Wildman–Crippen LogP) is 2.40. The van der Waals surface area contributed by atoms with E-state index >= 15 is 0 Å². The number of hydrogen-bond acceptors (Lipinski definition) is 4. The molecule has 0 saturated carbocycles. The summed E-state index contributed by atoms with van der Waals surface area (Å²) in [4.78, 5) is 22.4. The average Bonchev–Trinajstić information content (AvgIpc) is 2.41. The number of carbonyl (C=O) groups excluding carboxylic acids is 2. The highest BCUT2D eigenvalue weighted by Gasteiger charge is 2.11. The molecule has 1 unspecified atom stereocenters. The third kappa shape index (κ3) is 6.23. The molecule has 0 aliphatic heterocycles. The van der Waals surface area contributed by atoms with Crippen LogP contribution >= 0.6 is 0 Å². The third-order valence-corrected chi connectivity index (χ3v) is 2.64. The van der Waals surface area contributed by atoms with Crippen LogP contribution in [0.1, 0.15) is 32.6 Å². The summed E-state index contributed by atoms with van der Waals surface area (Å²) in [7, 11) is 0. The summed E-state index contributed by atoms with van der Waals surface area (Å²) in [6.45, 7) is 2.69. The first-order valence-corrected chi connectivity index (χ1v) is 6.39. The van der Waals surface area contributed by atoms with Gasteiger partial charge in [-0.3, -0.25) is 0 Å². The van der Waals surface area contributed by atoms with Gasteiger partial charge >= 0.3 is 11.9 Å². The van der Waals surface area contributed by atoms with Crippen LogP contribution in [0, 0.1) is 5.92 Å². The Labute approximate surface area is 108 Å². The molecule has 0 spiro atoms. The van der Waals surface area contributed by atoms with Crippen molar-refractivity contribution in [3.8, 4) is 0 Å². The van der Waals surface area contributed by atoms with Gasteiger partial charge in [-0.2, -0.15) is 0 Å². The number of allylic oxidation sites excluding steroid dienone is 2. The molecule has 0 fully saturated rings. The molecule has 0 saturated heterocycles. The first kappa shape index (κ1) is 14.5. The quantitative estimate of drug-likeness (QED) is 0.414. The fraction of sp³-hybridized carbons (Fsp3) is 0.571. The lowest BCUT2D eigenvalue weighted by atomic mass is 9.95. The van der Waals surface area contributed by atoms with Gasteiger partial charge in [0.1, 0.15) is 0 Å². The second kappa shape index (κ2) is 8.50. The minimum absolute atomic E-state index is 0.368. The highest BCUT2D eigenvalue weighted by atomic mass is 16.5. The molecule has 100 valence electrons. The molecule has 0 heterocycles. The normalized spacial score (nSPS) is 18.8. The summed E-state index contributed by atoms with van der Waals surface area (Å²) in [6.07, 6.45) is 10.3. The molecule has 1 aliphatic rings.